The molecule has 96 valence electrons. The van der Waals surface area contributed by atoms with Gasteiger partial charge in [0, 0.05) is 0 Å². The molecular formula is Ba2Cu2O7Yb2. The van der Waals surface area contributed by atoms with Gasteiger partial charge >= 0.3 is 226 Å². The van der Waals surface area contributed by atoms with Gasteiger partial charge in [-0.15, -0.1) is 0 Å². The van der Waals surface area contributed by atoms with Gasteiger partial charge in [0.15, 0.2) is 0 Å². The van der Waals surface area contributed by atoms with Gasteiger partial charge in [-0.25, -0.2) is 0 Å². The van der Waals surface area contributed by atoms with Gasteiger partial charge in [0.25, 0.3) is 0 Å². The van der Waals surface area contributed by atoms with Crippen LogP contribution < -0.4 is 0 Å². The standard InChI is InChI=1S/2Ba.2Cu.7O.2Yb/q4*+2;7*-2;2*+3. The van der Waals surface area contributed by atoms with E-state index in [4.69, 9.17) is 0 Å². The summed E-state index contributed by atoms with van der Waals surface area (Å²) in [4.78, 5) is 0. The molecule has 0 rings (SSSR count). The fraction of sp³-hybridized carbons (Fsp3) is 0. The molecule has 13 heteroatoms. The molecule has 13 heavy (non-hydrogen) atoms. The van der Waals surface area contributed by atoms with E-state index in [-0.39, 0.29) is 264 Å². The number of hydrogen-bond donors (Lipinski definition) is 0. The van der Waals surface area contributed by atoms with Crippen molar-refractivity contribution in [3.63, 3.8) is 0 Å². The van der Waals surface area contributed by atoms with Crippen molar-refractivity contribution >= 4 is 97.8 Å². The molecule has 0 saturated carbocycles. The molecule has 0 aliphatic heterocycles. The van der Waals surface area contributed by atoms with Crippen LogP contribution in [0.4, 0.5) is 0 Å². The van der Waals surface area contributed by atoms with Crippen molar-refractivity contribution in [2.75, 3.05) is 0 Å². The Kier molecular flexibility index (Phi) is 1450. The van der Waals surface area contributed by atoms with Gasteiger partial charge in [0.05, 0.1) is 0 Å². The van der Waals surface area contributed by atoms with E-state index in [1.807, 2.05) is 0 Å². The SMILES string of the molecule is [Ba+2].[Ba+2].[Cu+2].[Cu+2].[O-2].[O-2].[O-2].[O-2].[O-2].[O-2].[O-2].[Yb+3].[Yb+3]. The molecule has 0 aromatic rings. The molecule has 0 heterocycles. The normalized spacial score (nSPS) is 0. The van der Waals surface area contributed by atoms with Crippen molar-refractivity contribution in [1.82, 2.24) is 0 Å². The third-order valence-electron chi connectivity index (χ3n) is 0. The second-order valence-electron chi connectivity index (χ2n) is 0. The maximum Gasteiger partial charge on any atom is 3.00 e. The molecule has 7 nitrogen and oxygen atoms in total. The first-order chi connectivity index (χ1) is 0. The van der Waals surface area contributed by atoms with Crippen LogP contribution in [0, 0.1) is 93.8 Å². The molecule has 4 radical (unpaired) electrons. The molecule has 0 aromatic heterocycles. The summed E-state index contributed by atoms with van der Waals surface area (Å²) in [6.07, 6.45) is 0. The zero-order valence-electron chi connectivity index (χ0n) is 5.41. The third kappa shape index (κ3) is 113. The van der Waals surface area contributed by atoms with E-state index in [0.29, 0.717) is 0 Å². The van der Waals surface area contributed by atoms with Gasteiger partial charge < -0.3 is 38.3 Å². The molecule has 0 spiro atoms. The molecule has 0 atom stereocenters. The van der Waals surface area contributed by atoms with Gasteiger partial charge in [-0.3, -0.25) is 0 Å². The summed E-state index contributed by atoms with van der Waals surface area (Å²) < 4.78 is 0. The first-order valence-corrected chi connectivity index (χ1v) is 0. The van der Waals surface area contributed by atoms with Gasteiger partial charge in [-0.1, -0.05) is 0 Å². The Balaban J connectivity index is 0. The first-order valence-electron chi connectivity index (χ1n) is 0. The molecule has 0 saturated heterocycles. The second-order valence-corrected chi connectivity index (χ2v) is 0. The van der Waals surface area contributed by atoms with E-state index >= 15 is 0 Å². The summed E-state index contributed by atoms with van der Waals surface area (Å²) in [5.41, 5.74) is 0. The van der Waals surface area contributed by atoms with Crippen LogP contribution in [0.2, 0.25) is 0 Å². The Morgan fingerprint density at radius 2 is 0.308 bits per heavy atom. The second kappa shape index (κ2) is 127. The monoisotopic (exact) mass is 862 g/mol. The summed E-state index contributed by atoms with van der Waals surface area (Å²) in [6, 6.07) is 0. The van der Waals surface area contributed by atoms with Crippen LogP contribution in [0.3, 0.4) is 0 Å². The molecule has 0 unspecified atom stereocenters. The van der Waals surface area contributed by atoms with Crippen molar-refractivity contribution in [1.29, 1.82) is 0 Å². The summed E-state index contributed by atoms with van der Waals surface area (Å²) in [7, 11) is 0. The predicted molar refractivity (Wildman–Crippen MR) is 16.3 cm³/mol. The van der Waals surface area contributed by atoms with E-state index in [2.05, 4.69) is 0 Å². The van der Waals surface area contributed by atoms with Gasteiger partial charge in [0.1, 0.15) is 0 Å². The van der Waals surface area contributed by atoms with Gasteiger partial charge in [-0.05, 0) is 0 Å². The smallest absolute Gasteiger partial charge is 2.00 e. The fourth-order valence-electron chi connectivity index (χ4n) is 0. The average Bonchev–Trinajstić information content (AvgIpc) is 0. The van der Waals surface area contributed by atoms with Gasteiger partial charge in [0.2, 0.25) is 0 Å². The van der Waals surface area contributed by atoms with E-state index in [1.165, 1.54) is 0 Å². The van der Waals surface area contributed by atoms with Crippen LogP contribution in [0.1, 0.15) is 0 Å². The first kappa shape index (κ1) is 148. The Morgan fingerprint density at radius 1 is 0.308 bits per heavy atom. The Bertz CT molecular complexity index is 22.5. The van der Waals surface area contributed by atoms with E-state index in [1.54, 1.807) is 0 Å². The summed E-state index contributed by atoms with van der Waals surface area (Å²) >= 11 is 0. The Morgan fingerprint density at radius 3 is 0.308 bits per heavy atom. The van der Waals surface area contributed by atoms with Crippen LogP contribution in [0.5, 0.6) is 0 Å². The maximum atomic E-state index is 0. The third-order valence-corrected chi connectivity index (χ3v) is 0. The summed E-state index contributed by atoms with van der Waals surface area (Å²) in [6.45, 7) is 0. The number of hydrogen-bond acceptors (Lipinski definition) is 0. The van der Waals surface area contributed by atoms with Crippen molar-refractivity contribution in [3.8, 4) is 0 Å². The Labute approximate surface area is 256 Å². The van der Waals surface area contributed by atoms with Crippen molar-refractivity contribution in [2.45, 2.75) is 0 Å². The van der Waals surface area contributed by atoms with Crippen LogP contribution in [-0.2, 0) is 72.5 Å². The average molecular weight is 860 g/mol. The number of rotatable bonds is 0. The minimum absolute atomic E-state index is 0. The van der Waals surface area contributed by atoms with Crippen LogP contribution in [0.25, 0.3) is 0 Å². The zero-order valence-corrected chi connectivity index (χ0v) is 19.6. The van der Waals surface area contributed by atoms with E-state index < -0.39 is 0 Å². The molecule has 0 aliphatic carbocycles. The van der Waals surface area contributed by atoms with E-state index in [0.717, 1.165) is 0 Å². The fourth-order valence-corrected chi connectivity index (χ4v) is 0. The minimum Gasteiger partial charge on any atom is -2.00 e. The van der Waals surface area contributed by atoms with Crippen LogP contribution in [-0.4, -0.2) is 97.8 Å². The summed E-state index contributed by atoms with van der Waals surface area (Å²) in [5.74, 6) is 0. The van der Waals surface area contributed by atoms with Crippen molar-refractivity contribution < 1.29 is 166 Å². The van der Waals surface area contributed by atoms with Crippen molar-refractivity contribution in [3.05, 3.63) is 0 Å². The molecule has 0 amide bonds. The predicted octanol–water partition coefficient (Wildman–Crippen LogP) is -1.60. The maximum absolute atomic E-state index is 0. The topological polar surface area (TPSA) is 200 Å². The zero-order chi connectivity index (χ0) is 0. The molecule has 0 fully saturated rings. The Hall–Kier alpha value is 6.94. The largest absolute Gasteiger partial charge is 3.00 e. The molecule has 0 bridgehead atoms. The summed E-state index contributed by atoms with van der Waals surface area (Å²) in [5, 5.41) is 0. The molecule has 0 N–H and O–H groups in total. The minimum atomic E-state index is 0. The molecule has 0 aliphatic rings. The molecular weight excluding hydrogens is 860 g/mol. The van der Waals surface area contributed by atoms with Crippen molar-refractivity contribution in [2.24, 2.45) is 0 Å². The van der Waals surface area contributed by atoms with E-state index in [9.17, 15) is 0 Å². The van der Waals surface area contributed by atoms with Crippen LogP contribution >= 0.6 is 0 Å². The molecule has 0 aromatic carbocycles. The quantitative estimate of drug-likeness (QED) is 0.253. The van der Waals surface area contributed by atoms with Crippen LogP contribution in [0.15, 0.2) is 0 Å². The van der Waals surface area contributed by atoms with Gasteiger partial charge in [-0.2, -0.15) is 0 Å².